The van der Waals surface area contributed by atoms with E-state index in [0.29, 0.717) is 16.3 Å². The molecule has 1 aliphatic heterocycles. The monoisotopic (exact) mass is 491 g/mol. The molecule has 4 atom stereocenters. The average molecular weight is 491 g/mol. The molecule has 0 aliphatic carbocycles. The molecule has 3 N–H and O–H groups in total. The summed E-state index contributed by atoms with van der Waals surface area (Å²) in [5, 5.41) is 11.0. The second-order valence-electron chi connectivity index (χ2n) is 8.11. The number of nitrogen functional groups attached to an aromatic ring is 1. The minimum absolute atomic E-state index is 0.0111. The molecule has 0 amide bonds. The van der Waals surface area contributed by atoms with Crippen molar-refractivity contribution in [1.29, 1.82) is 0 Å². The topological polar surface area (TPSA) is 109 Å². The molecule has 2 aromatic carbocycles. The summed E-state index contributed by atoms with van der Waals surface area (Å²) in [6.45, 7) is -0.815. The largest absolute Gasteiger partial charge is 0.386 e. The van der Waals surface area contributed by atoms with Crippen molar-refractivity contribution in [3.63, 3.8) is 0 Å². The molecule has 0 saturated carbocycles. The summed E-state index contributed by atoms with van der Waals surface area (Å²) in [5.41, 5.74) is 3.16. The van der Waals surface area contributed by atoms with E-state index in [4.69, 9.17) is 19.9 Å². The molecule has 11 heteroatoms. The zero-order valence-electron chi connectivity index (χ0n) is 18.5. The Morgan fingerprint density at radius 2 is 1.69 bits per heavy atom. The molecular formula is C24H24F3N3O5. The fraction of sp³-hybridized carbons (Fsp3) is 0.333. The van der Waals surface area contributed by atoms with Crippen LogP contribution in [-0.2, 0) is 27.4 Å². The number of hydrogen-bond donors (Lipinski definition) is 2. The highest BCUT2D eigenvalue weighted by molar-refractivity contribution is 5.26. The summed E-state index contributed by atoms with van der Waals surface area (Å²) < 4.78 is 60.7. The predicted octanol–water partition coefficient (Wildman–Crippen LogP) is 2.66. The van der Waals surface area contributed by atoms with Gasteiger partial charge in [-0.3, -0.25) is 4.57 Å². The van der Waals surface area contributed by atoms with Crippen LogP contribution in [0.15, 0.2) is 71.7 Å². The summed E-state index contributed by atoms with van der Waals surface area (Å²) in [5.74, 6) is -1.74. The third-order valence-electron chi connectivity index (χ3n) is 5.71. The van der Waals surface area contributed by atoms with Crippen molar-refractivity contribution in [2.45, 2.75) is 43.7 Å². The van der Waals surface area contributed by atoms with Gasteiger partial charge in [-0.25, -0.2) is 18.0 Å². The number of rotatable bonds is 9. The van der Waals surface area contributed by atoms with Gasteiger partial charge in [0.25, 0.3) is 6.43 Å². The second-order valence-corrected chi connectivity index (χ2v) is 8.11. The smallest absolute Gasteiger partial charge is 0.351 e. The number of nitrogens with two attached hydrogens (primary N) is 1. The Morgan fingerprint density at radius 1 is 1.09 bits per heavy atom. The Morgan fingerprint density at radius 3 is 2.29 bits per heavy atom. The number of alkyl halides is 2. The quantitative estimate of drug-likeness (QED) is 0.474. The molecule has 3 aromatic rings. The van der Waals surface area contributed by atoms with Crippen LogP contribution < -0.4 is 11.4 Å². The molecule has 0 spiro atoms. The molecule has 0 radical (unpaired) electrons. The summed E-state index contributed by atoms with van der Waals surface area (Å²) in [6, 6.07) is 17.6. The van der Waals surface area contributed by atoms with Gasteiger partial charge in [-0.2, -0.15) is 4.98 Å². The van der Waals surface area contributed by atoms with Gasteiger partial charge in [-0.05, 0) is 11.1 Å². The minimum atomic E-state index is -3.19. The first-order chi connectivity index (χ1) is 16.8. The van der Waals surface area contributed by atoms with Crippen molar-refractivity contribution in [3.05, 3.63) is 94.3 Å². The number of ether oxygens (including phenoxy) is 3. The third kappa shape index (κ3) is 5.22. The van der Waals surface area contributed by atoms with Crippen molar-refractivity contribution in [2.24, 2.45) is 0 Å². The van der Waals surface area contributed by atoms with Crippen molar-refractivity contribution in [2.75, 3.05) is 12.3 Å². The van der Waals surface area contributed by atoms with Gasteiger partial charge >= 0.3 is 5.69 Å². The highest BCUT2D eigenvalue weighted by Crippen LogP contribution is 2.43. The van der Waals surface area contributed by atoms with Crippen LogP contribution in [0, 0.1) is 5.82 Å². The molecule has 1 aliphatic rings. The lowest BCUT2D eigenvalue weighted by Gasteiger charge is -2.33. The molecule has 1 aromatic heterocycles. The van der Waals surface area contributed by atoms with Gasteiger partial charge in [0.2, 0.25) is 0 Å². The average Bonchev–Trinajstić information content (AvgIpc) is 3.13. The summed E-state index contributed by atoms with van der Waals surface area (Å²) in [7, 11) is 0. The maximum Gasteiger partial charge on any atom is 0.351 e. The van der Waals surface area contributed by atoms with E-state index in [0.717, 1.165) is 5.56 Å². The molecule has 0 bridgehead atoms. The Hall–Kier alpha value is -3.25. The van der Waals surface area contributed by atoms with E-state index in [9.17, 15) is 23.1 Å². The lowest BCUT2D eigenvalue weighted by Crippen LogP contribution is -2.53. The van der Waals surface area contributed by atoms with Gasteiger partial charge < -0.3 is 25.1 Å². The van der Waals surface area contributed by atoms with Gasteiger partial charge in [0.15, 0.2) is 23.5 Å². The van der Waals surface area contributed by atoms with Gasteiger partial charge in [0.05, 0.1) is 26.0 Å². The van der Waals surface area contributed by atoms with Crippen LogP contribution in [-0.4, -0.2) is 45.5 Å². The second kappa shape index (κ2) is 10.6. The molecule has 0 unspecified atom stereocenters. The molecule has 8 nitrogen and oxygen atoms in total. The van der Waals surface area contributed by atoms with Crippen molar-refractivity contribution in [3.8, 4) is 0 Å². The number of aliphatic hydroxyl groups excluding tert-OH is 1. The Labute approximate surface area is 198 Å². The van der Waals surface area contributed by atoms with Crippen LogP contribution in [0.2, 0.25) is 0 Å². The normalized spacial score (nSPS) is 24.2. The molecule has 4 rings (SSSR count). The van der Waals surface area contributed by atoms with Crippen LogP contribution in [0.3, 0.4) is 0 Å². The van der Waals surface area contributed by atoms with E-state index in [1.165, 1.54) is 0 Å². The van der Waals surface area contributed by atoms with Gasteiger partial charge in [0.1, 0.15) is 12.2 Å². The van der Waals surface area contributed by atoms with Crippen LogP contribution in [0.5, 0.6) is 0 Å². The molecule has 35 heavy (non-hydrogen) atoms. The number of aromatic nitrogens is 2. The van der Waals surface area contributed by atoms with E-state index < -0.39 is 54.4 Å². The zero-order chi connectivity index (χ0) is 25.0. The first kappa shape index (κ1) is 24.9. The molecule has 1 saturated heterocycles. The summed E-state index contributed by atoms with van der Waals surface area (Å²) in [4.78, 5) is 15.7. The lowest BCUT2D eigenvalue weighted by atomic mass is 9.96. The first-order valence-corrected chi connectivity index (χ1v) is 10.8. The molecule has 1 fully saturated rings. The third-order valence-corrected chi connectivity index (χ3v) is 5.71. The van der Waals surface area contributed by atoms with Crippen molar-refractivity contribution in [1.82, 2.24) is 9.55 Å². The minimum Gasteiger partial charge on any atom is -0.386 e. The van der Waals surface area contributed by atoms with Crippen LogP contribution in [0.25, 0.3) is 0 Å². The number of halogens is 3. The predicted molar refractivity (Wildman–Crippen MR) is 119 cm³/mol. The van der Waals surface area contributed by atoms with Gasteiger partial charge in [-0.15, -0.1) is 0 Å². The van der Waals surface area contributed by atoms with Crippen molar-refractivity contribution < 1.29 is 32.5 Å². The number of aliphatic hydroxyl groups is 1. The SMILES string of the molecule is Nc1nc(=O)n([C@@H]2O[C@@](COCc3ccccc3)(C(F)F)[C@@H](OCc3ccccc3)[C@H]2O)cc1F. The lowest BCUT2D eigenvalue weighted by molar-refractivity contribution is -0.215. The van der Waals surface area contributed by atoms with E-state index >= 15 is 0 Å². The fourth-order valence-corrected chi connectivity index (χ4v) is 3.92. The number of benzene rings is 2. The van der Waals surface area contributed by atoms with E-state index in [1.54, 1.807) is 60.7 Å². The van der Waals surface area contributed by atoms with Gasteiger partial charge in [-0.1, -0.05) is 60.7 Å². The molecule has 2 heterocycles. The van der Waals surface area contributed by atoms with Crippen molar-refractivity contribution >= 4 is 5.82 Å². The molecule has 186 valence electrons. The maximum absolute atomic E-state index is 14.6. The molecular weight excluding hydrogens is 467 g/mol. The van der Waals surface area contributed by atoms with E-state index in [1.807, 2.05) is 0 Å². The first-order valence-electron chi connectivity index (χ1n) is 10.8. The maximum atomic E-state index is 14.6. The van der Waals surface area contributed by atoms with Crippen LogP contribution in [0.1, 0.15) is 17.4 Å². The highest BCUT2D eigenvalue weighted by atomic mass is 19.3. The number of anilines is 1. The zero-order valence-corrected chi connectivity index (χ0v) is 18.5. The summed E-state index contributed by atoms with van der Waals surface area (Å²) in [6.07, 6.45) is -7.67. The van der Waals surface area contributed by atoms with Crippen LogP contribution in [0.4, 0.5) is 19.0 Å². The Kier molecular flexibility index (Phi) is 7.51. The summed E-state index contributed by atoms with van der Waals surface area (Å²) >= 11 is 0. The Balaban J connectivity index is 1.65. The fourth-order valence-electron chi connectivity index (χ4n) is 3.92. The van der Waals surface area contributed by atoms with Gasteiger partial charge in [0, 0.05) is 0 Å². The van der Waals surface area contributed by atoms with E-state index in [2.05, 4.69) is 4.98 Å². The highest BCUT2D eigenvalue weighted by Gasteiger charge is 2.62. The van der Waals surface area contributed by atoms with Crippen LogP contribution >= 0.6 is 0 Å². The Bertz CT molecular complexity index is 1180. The standard InChI is InChI=1S/C24H24F3N3O5/c25-17-11-30(23(32)29-20(17)28)21-18(31)19(34-13-16-9-5-2-6-10-16)24(35-21,22(26)27)14-33-12-15-7-3-1-4-8-15/h1-11,18-19,21-22,31H,12-14H2,(H2,28,29,32)/t18-,19+,21-,24-/m1/s1. The number of hydrogen-bond acceptors (Lipinski definition) is 7. The number of nitrogens with zero attached hydrogens (tertiary/aromatic N) is 2. The van der Waals surface area contributed by atoms with E-state index in [-0.39, 0.29) is 13.2 Å².